The van der Waals surface area contributed by atoms with Crippen molar-refractivity contribution in [2.45, 2.75) is 40.5 Å². The van der Waals surface area contributed by atoms with Crippen LogP contribution in [0.4, 0.5) is 5.82 Å². The van der Waals surface area contributed by atoms with E-state index in [0.717, 1.165) is 22.3 Å². The van der Waals surface area contributed by atoms with E-state index in [1.54, 1.807) is 29.6 Å². The van der Waals surface area contributed by atoms with Crippen molar-refractivity contribution in [1.82, 2.24) is 24.3 Å². The zero-order valence-electron chi connectivity index (χ0n) is 21.5. The maximum Gasteiger partial charge on any atom is 0.272 e. The van der Waals surface area contributed by atoms with Crippen LogP contribution in [0.3, 0.4) is 0 Å². The number of nitrogens with two attached hydrogens (primary N) is 1. The van der Waals surface area contributed by atoms with Gasteiger partial charge in [-0.15, -0.1) is 0 Å². The number of halogens is 2. The first-order valence-electron chi connectivity index (χ1n) is 12.2. The molecular weight excluding hydrogens is 511 g/mol. The topological polar surface area (TPSA) is 98.6 Å². The molecule has 0 radical (unpaired) electrons. The normalized spacial score (nSPS) is 12.1. The highest BCUT2D eigenvalue weighted by atomic mass is 35.5. The van der Waals surface area contributed by atoms with Gasteiger partial charge in [0.2, 0.25) is 0 Å². The van der Waals surface area contributed by atoms with Crippen LogP contribution in [-0.4, -0.2) is 49.9 Å². The van der Waals surface area contributed by atoms with Gasteiger partial charge in [0, 0.05) is 59.3 Å². The summed E-state index contributed by atoms with van der Waals surface area (Å²) < 4.78 is 8.07. The van der Waals surface area contributed by atoms with Gasteiger partial charge in [-0.1, -0.05) is 36.2 Å². The highest BCUT2D eigenvalue weighted by Crippen LogP contribution is 2.44. The van der Waals surface area contributed by atoms with Gasteiger partial charge in [-0.05, 0) is 45.4 Å². The van der Waals surface area contributed by atoms with Crippen LogP contribution in [-0.2, 0) is 0 Å². The zero-order chi connectivity index (χ0) is 26.9. The number of ether oxygens (including phenoxy) is 1. The third-order valence-electron chi connectivity index (χ3n) is 6.54. The maximum atomic E-state index is 12.8. The number of imidazole rings is 1. The molecule has 37 heavy (non-hydrogen) atoms. The van der Waals surface area contributed by atoms with Crippen molar-refractivity contribution in [2.24, 2.45) is 0 Å². The van der Waals surface area contributed by atoms with Crippen molar-refractivity contribution in [3.63, 3.8) is 0 Å². The van der Waals surface area contributed by atoms with E-state index in [9.17, 15) is 4.79 Å². The van der Waals surface area contributed by atoms with E-state index in [0.29, 0.717) is 53.3 Å². The molecule has 3 aromatic heterocycles. The van der Waals surface area contributed by atoms with Crippen LogP contribution >= 0.6 is 23.2 Å². The molecule has 2 N–H and O–H groups in total. The van der Waals surface area contributed by atoms with Crippen LogP contribution in [0.1, 0.15) is 61.1 Å². The van der Waals surface area contributed by atoms with Gasteiger partial charge in [0.25, 0.3) is 5.91 Å². The maximum absolute atomic E-state index is 12.8. The molecule has 0 unspecified atom stereocenters. The Morgan fingerprint density at radius 2 is 1.92 bits per heavy atom. The van der Waals surface area contributed by atoms with E-state index in [2.05, 4.69) is 15.0 Å². The zero-order valence-corrected chi connectivity index (χ0v) is 23.1. The average Bonchev–Trinajstić information content (AvgIpc) is 3.24. The van der Waals surface area contributed by atoms with Crippen molar-refractivity contribution >= 4 is 40.4 Å². The lowest BCUT2D eigenvalue weighted by molar-refractivity contribution is 0.0767. The molecule has 1 amide bonds. The fourth-order valence-corrected chi connectivity index (χ4v) is 5.03. The number of fused-ring (bicyclic) bond motifs is 1. The monoisotopic (exact) mass is 540 g/mol. The molecular formula is C27H30Cl2N6O2. The summed E-state index contributed by atoms with van der Waals surface area (Å²) in [5.41, 5.74) is 10.3. The number of benzene rings is 1. The quantitative estimate of drug-likeness (QED) is 0.293. The van der Waals surface area contributed by atoms with E-state index in [4.69, 9.17) is 33.7 Å². The van der Waals surface area contributed by atoms with E-state index >= 15 is 0 Å². The van der Waals surface area contributed by atoms with Gasteiger partial charge in [0.05, 0.1) is 6.61 Å². The van der Waals surface area contributed by atoms with Gasteiger partial charge in [0.1, 0.15) is 22.8 Å². The lowest BCUT2D eigenvalue weighted by Crippen LogP contribution is -2.31. The second kappa shape index (κ2) is 10.9. The fourth-order valence-electron chi connectivity index (χ4n) is 4.54. The average molecular weight is 541 g/mol. The number of carbonyl (C=O) groups is 1. The van der Waals surface area contributed by atoms with Crippen LogP contribution < -0.4 is 10.5 Å². The molecule has 0 aliphatic heterocycles. The van der Waals surface area contributed by atoms with Crippen molar-refractivity contribution < 1.29 is 9.53 Å². The van der Waals surface area contributed by atoms with E-state index < -0.39 is 0 Å². The first kappa shape index (κ1) is 26.7. The van der Waals surface area contributed by atoms with Crippen LogP contribution in [0.5, 0.6) is 5.75 Å². The second-order valence-corrected chi connectivity index (χ2v) is 9.40. The summed E-state index contributed by atoms with van der Waals surface area (Å²) in [6, 6.07) is 5.53. The number of pyridine rings is 1. The highest BCUT2D eigenvalue weighted by Gasteiger charge is 2.26. The standard InChI is InChI=1S/C27H30Cl2N6O2/c1-6-34(7-2)27(36)20-10-9-17(14-32-20)21-16(5)19(28)13-18(23(21)37-8-3)15(4)26-33-24(29)22-25(30)31-11-12-35(22)26/h9-15H,6-8H2,1-5H3,(H2,30,31)/t15-/m0/s1. The Labute approximate surface area is 226 Å². The summed E-state index contributed by atoms with van der Waals surface area (Å²) in [6.45, 7) is 11.5. The van der Waals surface area contributed by atoms with E-state index in [-0.39, 0.29) is 17.0 Å². The highest BCUT2D eigenvalue weighted by molar-refractivity contribution is 6.33. The minimum absolute atomic E-state index is 0.101. The third kappa shape index (κ3) is 4.83. The lowest BCUT2D eigenvalue weighted by Gasteiger charge is -2.22. The molecule has 1 aromatic carbocycles. The van der Waals surface area contributed by atoms with Crippen LogP contribution in [0.25, 0.3) is 16.6 Å². The number of hydrogen-bond donors (Lipinski definition) is 1. The molecule has 0 spiro atoms. The van der Waals surface area contributed by atoms with Gasteiger partial charge in [-0.25, -0.2) is 9.97 Å². The predicted octanol–water partition coefficient (Wildman–Crippen LogP) is 6.02. The molecule has 1 atom stereocenters. The first-order chi connectivity index (χ1) is 17.7. The summed E-state index contributed by atoms with van der Waals surface area (Å²) in [6.07, 6.45) is 5.09. The minimum atomic E-state index is -0.253. The Kier molecular flexibility index (Phi) is 7.90. The summed E-state index contributed by atoms with van der Waals surface area (Å²) in [7, 11) is 0. The van der Waals surface area contributed by atoms with Crippen molar-refractivity contribution in [2.75, 3.05) is 25.4 Å². The number of carbonyl (C=O) groups excluding carboxylic acids is 1. The summed E-state index contributed by atoms with van der Waals surface area (Å²) in [5, 5.41) is 0.859. The van der Waals surface area contributed by atoms with Gasteiger partial charge in [-0.2, -0.15) is 0 Å². The van der Waals surface area contributed by atoms with Crippen molar-refractivity contribution in [1.29, 1.82) is 0 Å². The first-order valence-corrected chi connectivity index (χ1v) is 13.0. The van der Waals surface area contributed by atoms with Crippen molar-refractivity contribution in [3.05, 3.63) is 69.6 Å². The Morgan fingerprint density at radius 1 is 1.19 bits per heavy atom. The minimum Gasteiger partial charge on any atom is -0.493 e. The molecule has 0 saturated heterocycles. The molecule has 0 saturated carbocycles. The summed E-state index contributed by atoms with van der Waals surface area (Å²) in [4.78, 5) is 27.7. The van der Waals surface area contributed by atoms with Crippen LogP contribution in [0.2, 0.25) is 10.2 Å². The SMILES string of the molecule is CCOc1c([C@H](C)c2nc(Cl)c3c(N)nccn23)cc(Cl)c(C)c1-c1ccc(C(=O)N(CC)CC)nc1. The number of rotatable bonds is 8. The lowest BCUT2D eigenvalue weighted by atomic mass is 9.91. The molecule has 0 aliphatic rings. The van der Waals surface area contributed by atoms with Gasteiger partial charge in [-0.3, -0.25) is 14.2 Å². The molecule has 3 heterocycles. The molecule has 4 aromatic rings. The Balaban J connectivity index is 1.86. The third-order valence-corrected chi connectivity index (χ3v) is 7.19. The molecule has 4 rings (SSSR count). The molecule has 0 fully saturated rings. The molecule has 10 heteroatoms. The number of nitrogens with zero attached hydrogens (tertiary/aromatic N) is 5. The smallest absolute Gasteiger partial charge is 0.272 e. The number of hydrogen-bond acceptors (Lipinski definition) is 6. The number of amides is 1. The predicted molar refractivity (Wildman–Crippen MR) is 148 cm³/mol. The van der Waals surface area contributed by atoms with Gasteiger partial charge < -0.3 is 15.4 Å². The largest absolute Gasteiger partial charge is 0.493 e. The Bertz CT molecular complexity index is 1450. The molecule has 0 aliphatic carbocycles. The Morgan fingerprint density at radius 3 is 2.54 bits per heavy atom. The molecule has 194 valence electrons. The summed E-state index contributed by atoms with van der Waals surface area (Å²) in [5.74, 6) is 1.30. The van der Waals surface area contributed by atoms with Crippen LogP contribution in [0.15, 0.2) is 36.8 Å². The van der Waals surface area contributed by atoms with Gasteiger partial charge >= 0.3 is 0 Å². The van der Waals surface area contributed by atoms with Gasteiger partial charge in [0.15, 0.2) is 11.0 Å². The van der Waals surface area contributed by atoms with E-state index in [1.165, 1.54) is 0 Å². The number of aromatic nitrogens is 4. The summed E-state index contributed by atoms with van der Waals surface area (Å²) >= 11 is 13.2. The fraction of sp³-hybridized carbons (Fsp3) is 0.333. The Hall–Kier alpha value is -3.36. The molecule has 0 bridgehead atoms. The second-order valence-electron chi connectivity index (χ2n) is 8.63. The van der Waals surface area contributed by atoms with Crippen molar-refractivity contribution in [3.8, 4) is 16.9 Å². The van der Waals surface area contributed by atoms with Crippen LogP contribution in [0, 0.1) is 6.92 Å². The number of anilines is 1. The van der Waals surface area contributed by atoms with E-state index in [1.807, 2.05) is 51.2 Å². The number of nitrogen functional groups attached to an aromatic ring is 1. The molecule has 8 nitrogen and oxygen atoms in total.